The lowest BCUT2D eigenvalue weighted by molar-refractivity contribution is 0.267. The lowest BCUT2D eigenvalue weighted by Gasteiger charge is -2.26. The highest BCUT2D eigenvalue weighted by molar-refractivity contribution is 5.26. The van der Waals surface area contributed by atoms with E-state index in [-0.39, 0.29) is 17.8 Å². The number of aryl methyl sites for hydroxylation is 1. The fourth-order valence-corrected chi connectivity index (χ4v) is 2.81. The Balaban J connectivity index is 2.00. The number of hydrogen-bond donors (Lipinski definition) is 2. The van der Waals surface area contributed by atoms with Crippen molar-refractivity contribution in [1.82, 2.24) is 15.1 Å². The summed E-state index contributed by atoms with van der Waals surface area (Å²) in [5, 5.41) is 17.0. The fourth-order valence-electron chi connectivity index (χ4n) is 2.81. The average molecular weight is 319 g/mol. The largest absolute Gasteiger partial charge is 0.394 e. The quantitative estimate of drug-likeness (QED) is 0.825. The van der Waals surface area contributed by atoms with Gasteiger partial charge in [-0.25, -0.2) is 4.39 Å². The number of benzene rings is 1. The highest BCUT2D eigenvalue weighted by Crippen LogP contribution is 2.23. The molecule has 0 saturated heterocycles. The molecule has 0 aliphatic rings. The van der Waals surface area contributed by atoms with E-state index in [9.17, 15) is 4.39 Å². The molecule has 2 rings (SSSR count). The highest BCUT2D eigenvalue weighted by Gasteiger charge is 2.20. The zero-order chi connectivity index (χ0) is 17.0. The Morgan fingerprint density at radius 2 is 1.87 bits per heavy atom. The van der Waals surface area contributed by atoms with Crippen LogP contribution in [0.25, 0.3) is 0 Å². The molecule has 2 N–H and O–H groups in total. The summed E-state index contributed by atoms with van der Waals surface area (Å²) in [7, 11) is 0. The molecule has 4 nitrogen and oxygen atoms in total. The first-order valence-electron chi connectivity index (χ1n) is 7.95. The maximum atomic E-state index is 13.1. The lowest BCUT2D eigenvalue weighted by Crippen LogP contribution is -2.32. The van der Waals surface area contributed by atoms with E-state index in [0.717, 1.165) is 30.0 Å². The molecule has 0 atom stereocenters. The van der Waals surface area contributed by atoms with Crippen LogP contribution in [0.2, 0.25) is 0 Å². The third-order valence-corrected chi connectivity index (χ3v) is 4.34. The van der Waals surface area contributed by atoms with Gasteiger partial charge in [-0.05, 0) is 31.5 Å². The molecule has 23 heavy (non-hydrogen) atoms. The molecule has 0 bridgehead atoms. The Morgan fingerprint density at radius 3 is 2.48 bits per heavy atom. The second kappa shape index (κ2) is 7.23. The molecule has 1 heterocycles. The molecule has 0 fully saturated rings. The van der Waals surface area contributed by atoms with Gasteiger partial charge in [0.1, 0.15) is 5.82 Å². The van der Waals surface area contributed by atoms with E-state index in [1.54, 1.807) is 0 Å². The Labute approximate surface area is 137 Å². The van der Waals surface area contributed by atoms with Gasteiger partial charge in [0.2, 0.25) is 0 Å². The van der Waals surface area contributed by atoms with E-state index in [1.165, 1.54) is 17.7 Å². The van der Waals surface area contributed by atoms with Gasteiger partial charge in [0, 0.05) is 29.8 Å². The lowest BCUT2D eigenvalue weighted by atomic mass is 9.84. The third kappa shape index (κ3) is 4.18. The van der Waals surface area contributed by atoms with E-state index >= 15 is 0 Å². The SMILES string of the molecule is Cc1nn(CCO)c(C)c1CNCC(C)(C)c1ccc(F)cc1. The maximum Gasteiger partial charge on any atom is 0.123 e. The van der Waals surface area contributed by atoms with Gasteiger partial charge in [0.05, 0.1) is 18.8 Å². The Bertz CT molecular complexity index is 647. The van der Waals surface area contributed by atoms with Gasteiger partial charge >= 0.3 is 0 Å². The molecular formula is C18H26FN3O. The summed E-state index contributed by atoms with van der Waals surface area (Å²) < 4.78 is 14.9. The van der Waals surface area contributed by atoms with Crippen LogP contribution in [0.4, 0.5) is 4.39 Å². The minimum absolute atomic E-state index is 0.0867. The van der Waals surface area contributed by atoms with Crippen LogP contribution in [0.15, 0.2) is 24.3 Å². The fraction of sp³-hybridized carbons (Fsp3) is 0.500. The predicted octanol–water partition coefficient (Wildman–Crippen LogP) is 2.70. The Hall–Kier alpha value is -1.72. The van der Waals surface area contributed by atoms with Crippen molar-refractivity contribution in [3.63, 3.8) is 0 Å². The normalized spacial score (nSPS) is 11.9. The van der Waals surface area contributed by atoms with Gasteiger partial charge in [0.25, 0.3) is 0 Å². The van der Waals surface area contributed by atoms with Gasteiger partial charge in [-0.15, -0.1) is 0 Å². The van der Waals surface area contributed by atoms with Gasteiger partial charge in [-0.1, -0.05) is 26.0 Å². The number of nitrogens with one attached hydrogen (secondary N) is 1. The average Bonchev–Trinajstić information content (AvgIpc) is 2.75. The van der Waals surface area contributed by atoms with Gasteiger partial charge in [0.15, 0.2) is 0 Å². The smallest absolute Gasteiger partial charge is 0.123 e. The summed E-state index contributed by atoms with van der Waals surface area (Å²) in [6.45, 7) is 10.4. The second-order valence-corrected chi connectivity index (χ2v) is 6.59. The first kappa shape index (κ1) is 17.6. The van der Waals surface area contributed by atoms with E-state index in [1.807, 2.05) is 30.7 Å². The molecule has 0 aliphatic carbocycles. The van der Waals surface area contributed by atoms with Gasteiger partial charge < -0.3 is 10.4 Å². The molecule has 0 radical (unpaired) electrons. The third-order valence-electron chi connectivity index (χ3n) is 4.34. The molecule has 126 valence electrons. The van der Waals surface area contributed by atoms with Crippen molar-refractivity contribution in [3.05, 3.63) is 52.6 Å². The molecule has 5 heteroatoms. The number of aromatic nitrogens is 2. The highest BCUT2D eigenvalue weighted by atomic mass is 19.1. The van der Waals surface area contributed by atoms with Crippen LogP contribution in [0.5, 0.6) is 0 Å². The van der Waals surface area contributed by atoms with Crippen LogP contribution in [-0.2, 0) is 18.5 Å². The number of hydrogen-bond acceptors (Lipinski definition) is 3. The first-order valence-corrected chi connectivity index (χ1v) is 7.95. The molecule has 0 aliphatic heterocycles. The molecule has 1 aromatic carbocycles. The molecular weight excluding hydrogens is 293 g/mol. The van der Waals surface area contributed by atoms with E-state index in [2.05, 4.69) is 24.3 Å². The number of halogens is 1. The summed E-state index contributed by atoms with van der Waals surface area (Å²) in [5.41, 5.74) is 4.27. The second-order valence-electron chi connectivity index (χ2n) is 6.59. The van der Waals surface area contributed by atoms with Gasteiger partial charge in [-0.2, -0.15) is 5.10 Å². The van der Waals surface area contributed by atoms with Crippen molar-refractivity contribution in [2.24, 2.45) is 0 Å². The van der Waals surface area contributed by atoms with Crippen molar-refractivity contribution >= 4 is 0 Å². The number of aliphatic hydroxyl groups excluding tert-OH is 1. The van der Waals surface area contributed by atoms with Crippen LogP contribution < -0.4 is 5.32 Å². The van der Waals surface area contributed by atoms with Crippen molar-refractivity contribution in [2.45, 2.75) is 46.2 Å². The molecule has 0 unspecified atom stereocenters. The van der Waals surface area contributed by atoms with Crippen LogP contribution in [0.3, 0.4) is 0 Å². The zero-order valence-corrected chi connectivity index (χ0v) is 14.4. The standard InChI is InChI=1S/C18H26FN3O/c1-13-17(14(2)22(21-13)9-10-23)11-20-12-18(3,4)15-5-7-16(19)8-6-15/h5-8,20,23H,9-12H2,1-4H3. The topological polar surface area (TPSA) is 50.1 Å². The Morgan fingerprint density at radius 1 is 1.22 bits per heavy atom. The van der Waals surface area contributed by atoms with Crippen LogP contribution >= 0.6 is 0 Å². The Kier molecular flexibility index (Phi) is 5.55. The zero-order valence-electron chi connectivity index (χ0n) is 14.4. The van der Waals surface area contributed by atoms with Crippen molar-refractivity contribution in [1.29, 1.82) is 0 Å². The number of rotatable bonds is 7. The summed E-state index contributed by atoms with van der Waals surface area (Å²) in [6, 6.07) is 6.69. The molecule has 0 saturated carbocycles. The van der Waals surface area contributed by atoms with E-state index in [4.69, 9.17) is 5.11 Å². The van der Waals surface area contributed by atoms with Crippen LogP contribution in [0, 0.1) is 19.7 Å². The molecule has 2 aromatic rings. The molecule has 0 spiro atoms. The van der Waals surface area contributed by atoms with E-state index < -0.39 is 0 Å². The van der Waals surface area contributed by atoms with Crippen molar-refractivity contribution < 1.29 is 9.50 Å². The summed E-state index contributed by atoms with van der Waals surface area (Å²) in [6.07, 6.45) is 0. The summed E-state index contributed by atoms with van der Waals surface area (Å²) in [5.74, 6) is -0.208. The minimum atomic E-state index is -0.208. The minimum Gasteiger partial charge on any atom is -0.394 e. The van der Waals surface area contributed by atoms with Crippen molar-refractivity contribution in [3.8, 4) is 0 Å². The van der Waals surface area contributed by atoms with Crippen LogP contribution in [0.1, 0.15) is 36.4 Å². The molecule has 0 amide bonds. The van der Waals surface area contributed by atoms with Crippen molar-refractivity contribution in [2.75, 3.05) is 13.2 Å². The first-order chi connectivity index (χ1) is 10.8. The number of nitrogens with zero attached hydrogens (tertiary/aromatic N) is 2. The summed E-state index contributed by atoms with van der Waals surface area (Å²) in [4.78, 5) is 0. The van der Waals surface area contributed by atoms with Crippen LogP contribution in [-0.4, -0.2) is 28.0 Å². The maximum absolute atomic E-state index is 13.1. The predicted molar refractivity (Wildman–Crippen MR) is 89.9 cm³/mol. The monoisotopic (exact) mass is 319 g/mol. The van der Waals surface area contributed by atoms with E-state index in [0.29, 0.717) is 6.54 Å². The van der Waals surface area contributed by atoms with Gasteiger partial charge in [-0.3, -0.25) is 4.68 Å². The molecule has 1 aromatic heterocycles. The summed E-state index contributed by atoms with van der Waals surface area (Å²) >= 11 is 0. The number of aliphatic hydroxyl groups is 1.